The van der Waals surface area contributed by atoms with Gasteiger partial charge in [-0.1, -0.05) is 24.3 Å². The summed E-state index contributed by atoms with van der Waals surface area (Å²) < 4.78 is 10.5. The van der Waals surface area contributed by atoms with Crippen molar-refractivity contribution in [3.05, 3.63) is 54.1 Å². The Kier molecular flexibility index (Phi) is 6.35. The van der Waals surface area contributed by atoms with Gasteiger partial charge in [-0.05, 0) is 29.8 Å². The predicted molar refractivity (Wildman–Crippen MR) is 93.2 cm³/mol. The zero-order chi connectivity index (χ0) is 16.7. The van der Waals surface area contributed by atoms with Gasteiger partial charge in [-0.3, -0.25) is 4.79 Å². The van der Waals surface area contributed by atoms with Gasteiger partial charge in [0.2, 0.25) is 5.91 Å². The van der Waals surface area contributed by atoms with Gasteiger partial charge in [0.1, 0.15) is 0 Å². The number of thioether (sulfide) groups is 1. The molecule has 0 saturated carbocycles. The molecule has 0 fully saturated rings. The van der Waals surface area contributed by atoms with Crippen LogP contribution in [0, 0.1) is 0 Å². The largest absolute Gasteiger partial charge is 0.493 e. The Morgan fingerprint density at radius 3 is 2.39 bits per heavy atom. The van der Waals surface area contributed by atoms with Gasteiger partial charge in [-0.15, -0.1) is 11.8 Å². The first kappa shape index (κ1) is 17.2. The molecule has 4 nitrogen and oxygen atoms in total. The van der Waals surface area contributed by atoms with E-state index in [1.807, 2.05) is 55.6 Å². The molecule has 5 heteroatoms. The van der Waals surface area contributed by atoms with Crippen LogP contribution in [0.25, 0.3) is 0 Å². The number of hydrogen-bond donors (Lipinski definition) is 0. The maximum Gasteiger partial charge on any atom is 0.232 e. The summed E-state index contributed by atoms with van der Waals surface area (Å²) in [5.41, 5.74) is 1.00. The highest BCUT2D eigenvalue weighted by Crippen LogP contribution is 2.28. The molecule has 2 rings (SSSR count). The van der Waals surface area contributed by atoms with Crippen molar-refractivity contribution in [2.75, 3.05) is 27.0 Å². The summed E-state index contributed by atoms with van der Waals surface area (Å²) >= 11 is 1.55. The third kappa shape index (κ3) is 4.93. The Morgan fingerprint density at radius 1 is 1.04 bits per heavy atom. The fourth-order valence-corrected chi connectivity index (χ4v) is 2.97. The molecular formula is C18H21NO3S. The van der Waals surface area contributed by atoms with Gasteiger partial charge in [0, 0.05) is 18.5 Å². The van der Waals surface area contributed by atoms with E-state index < -0.39 is 0 Å². The number of nitrogens with zero attached hydrogens (tertiary/aromatic N) is 1. The van der Waals surface area contributed by atoms with Crippen molar-refractivity contribution in [2.24, 2.45) is 0 Å². The second-order valence-electron chi connectivity index (χ2n) is 5.04. The molecule has 0 radical (unpaired) electrons. The molecule has 0 heterocycles. The van der Waals surface area contributed by atoms with E-state index in [1.54, 1.807) is 30.9 Å². The summed E-state index contributed by atoms with van der Waals surface area (Å²) in [5.74, 6) is 1.87. The first-order valence-electron chi connectivity index (χ1n) is 7.26. The molecule has 23 heavy (non-hydrogen) atoms. The van der Waals surface area contributed by atoms with E-state index in [-0.39, 0.29) is 5.91 Å². The van der Waals surface area contributed by atoms with Crippen LogP contribution < -0.4 is 9.47 Å². The molecule has 0 unspecified atom stereocenters. The first-order valence-corrected chi connectivity index (χ1v) is 8.25. The average molecular weight is 331 g/mol. The summed E-state index contributed by atoms with van der Waals surface area (Å²) in [6.45, 7) is 0.536. The lowest BCUT2D eigenvalue weighted by Gasteiger charge is -2.18. The molecule has 0 spiro atoms. The minimum atomic E-state index is 0.0913. The van der Waals surface area contributed by atoms with Gasteiger partial charge in [-0.25, -0.2) is 0 Å². The molecular weight excluding hydrogens is 310 g/mol. The molecule has 0 aliphatic rings. The predicted octanol–water partition coefficient (Wildman–Crippen LogP) is 3.45. The minimum absolute atomic E-state index is 0.0913. The second kappa shape index (κ2) is 8.48. The van der Waals surface area contributed by atoms with Crippen molar-refractivity contribution in [1.82, 2.24) is 4.90 Å². The quantitative estimate of drug-likeness (QED) is 0.729. The first-order chi connectivity index (χ1) is 11.1. The van der Waals surface area contributed by atoms with Crippen LogP contribution in [-0.4, -0.2) is 37.8 Å². The third-order valence-electron chi connectivity index (χ3n) is 3.40. The normalized spacial score (nSPS) is 10.2. The Labute approximate surface area is 141 Å². The number of benzene rings is 2. The Hall–Kier alpha value is -2.14. The van der Waals surface area contributed by atoms with Gasteiger partial charge >= 0.3 is 0 Å². The Morgan fingerprint density at radius 2 is 1.74 bits per heavy atom. The number of ether oxygens (including phenoxy) is 2. The maximum absolute atomic E-state index is 12.2. The van der Waals surface area contributed by atoms with E-state index in [4.69, 9.17) is 9.47 Å². The van der Waals surface area contributed by atoms with Crippen LogP contribution in [0.15, 0.2) is 53.4 Å². The van der Waals surface area contributed by atoms with Crippen LogP contribution in [0.2, 0.25) is 0 Å². The van der Waals surface area contributed by atoms with Crippen LogP contribution in [0.1, 0.15) is 5.56 Å². The summed E-state index contributed by atoms with van der Waals surface area (Å²) in [6.07, 6.45) is 0. The number of hydrogen-bond acceptors (Lipinski definition) is 4. The average Bonchev–Trinajstić information content (AvgIpc) is 2.60. The smallest absolute Gasteiger partial charge is 0.232 e. The summed E-state index contributed by atoms with van der Waals surface area (Å²) in [7, 11) is 5.02. The van der Waals surface area contributed by atoms with Crippen LogP contribution >= 0.6 is 11.8 Å². The number of amides is 1. The highest BCUT2D eigenvalue weighted by atomic mass is 32.2. The fourth-order valence-electron chi connectivity index (χ4n) is 2.11. The second-order valence-corrected chi connectivity index (χ2v) is 6.09. The zero-order valence-electron chi connectivity index (χ0n) is 13.6. The van der Waals surface area contributed by atoms with Crippen LogP contribution in [0.3, 0.4) is 0 Å². The molecule has 2 aromatic carbocycles. The van der Waals surface area contributed by atoms with E-state index >= 15 is 0 Å². The van der Waals surface area contributed by atoms with Crippen molar-refractivity contribution in [3.63, 3.8) is 0 Å². The lowest BCUT2D eigenvalue weighted by atomic mass is 10.2. The Balaban J connectivity index is 1.93. The van der Waals surface area contributed by atoms with E-state index in [9.17, 15) is 4.79 Å². The minimum Gasteiger partial charge on any atom is -0.493 e. The van der Waals surface area contributed by atoms with Gasteiger partial charge < -0.3 is 14.4 Å². The molecule has 1 amide bonds. The standard InChI is InChI=1S/C18H21NO3S/c1-19(18(20)13-23-15-7-5-4-6-8-15)12-14-9-10-16(21-2)17(11-14)22-3/h4-11H,12-13H2,1-3H3. The number of rotatable bonds is 7. The lowest BCUT2D eigenvalue weighted by Crippen LogP contribution is -2.27. The molecule has 0 atom stereocenters. The van der Waals surface area contributed by atoms with Crippen molar-refractivity contribution in [3.8, 4) is 11.5 Å². The number of carbonyl (C=O) groups is 1. The molecule has 0 aromatic heterocycles. The SMILES string of the molecule is COc1ccc(CN(C)C(=O)CSc2ccccc2)cc1OC. The summed E-state index contributed by atoms with van der Waals surface area (Å²) in [4.78, 5) is 15.1. The van der Waals surface area contributed by atoms with Crippen LogP contribution in [0.4, 0.5) is 0 Å². The third-order valence-corrected chi connectivity index (χ3v) is 4.40. The maximum atomic E-state index is 12.2. The highest BCUT2D eigenvalue weighted by molar-refractivity contribution is 8.00. The van der Waals surface area contributed by atoms with Crippen molar-refractivity contribution < 1.29 is 14.3 Å². The van der Waals surface area contributed by atoms with E-state index in [2.05, 4.69) is 0 Å². The van der Waals surface area contributed by atoms with E-state index in [0.29, 0.717) is 23.8 Å². The van der Waals surface area contributed by atoms with E-state index in [1.165, 1.54) is 0 Å². The molecule has 122 valence electrons. The Bertz CT molecular complexity index is 646. The monoisotopic (exact) mass is 331 g/mol. The molecule has 0 aliphatic carbocycles. The molecule has 0 saturated heterocycles. The van der Waals surface area contributed by atoms with E-state index in [0.717, 1.165) is 10.5 Å². The summed E-state index contributed by atoms with van der Waals surface area (Å²) in [6, 6.07) is 15.6. The summed E-state index contributed by atoms with van der Waals surface area (Å²) in [5, 5.41) is 0. The zero-order valence-corrected chi connectivity index (χ0v) is 14.4. The topological polar surface area (TPSA) is 38.8 Å². The highest BCUT2D eigenvalue weighted by Gasteiger charge is 2.11. The fraction of sp³-hybridized carbons (Fsp3) is 0.278. The molecule has 0 bridgehead atoms. The molecule has 0 N–H and O–H groups in total. The van der Waals surface area contributed by atoms with Crippen LogP contribution in [-0.2, 0) is 11.3 Å². The van der Waals surface area contributed by atoms with Gasteiger partial charge in [-0.2, -0.15) is 0 Å². The molecule has 2 aromatic rings. The number of carbonyl (C=O) groups excluding carboxylic acids is 1. The van der Waals surface area contributed by atoms with Crippen molar-refractivity contribution >= 4 is 17.7 Å². The van der Waals surface area contributed by atoms with Crippen LogP contribution in [0.5, 0.6) is 11.5 Å². The number of methoxy groups -OCH3 is 2. The van der Waals surface area contributed by atoms with Gasteiger partial charge in [0.05, 0.1) is 20.0 Å². The molecule has 0 aliphatic heterocycles. The van der Waals surface area contributed by atoms with Gasteiger partial charge in [0.25, 0.3) is 0 Å². The van der Waals surface area contributed by atoms with Crippen molar-refractivity contribution in [2.45, 2.75) is 11.4 Å². The van der Waals surface area contributed by atoms with Crippen molar-refractivity contribution in [1.29, 1.82) is 0 Å². The van der Waals surface area contributed by atoms with Gasteiger partial charge in [0.15, 0.2) is 11.5 Å². The lowest BCUT2D eigenvalue weighted by molar-refractivity contribution is -0.127.